The molecule has 0 saturated carbocycles. The third-order valence-corrected chi connectivity index (χ3v) is 2.87. The number of carbonyl (C=O) groups is 2. The Morgan fingerprint density at radius 1 is 1.56 bits per heavy atom. The molecule has 18 heavy (non-hydrogen) atoms. The highest BCUT2D eigenvalue weighted by Crippen LogP contribution is 2.34. The second-order valence-electron chi connectivity index (χ2n) is 4.32. The van der Waals surface area contributed by atoms with E-state index in [9.17, 15) is 9.59 Å². The van der Waals surface area contributed by atoms with Crippen molar-refractivity contribution in [2.45, 2.75) is 6.92 Å². The minimum absolute atomic E-state index is 0.0393. The average molecular weight is 249 g/mol. The predicted octanol–water partition coefficient (Wildman–Crippen LogP) is 0.116. The lowest BCUT2D eigenvalue weighted by molar-refractivity contribution is -0.122. The molecule has 0 spiro atoms. The molecule has 0 saturated heterocycles. The van der Waals surface area contributed by atoms with Gasteiger partial charge in [0.25, 0.3) is 5.91 Å². The van der Waals surface area contributed by atoms with Gasteiger partial charge in [0.1, 0.15) is 5.75 Å². The van der Waals surface area contributed by atoms with Gasteiger partial charge in [-0.3, -0.25) is 9.59 Å². The van der Waals surface area contributed by atoms with Crippen LogP contribution in [0.2, 0.25) is 0 Å². The average Bonchev–Trinajstić information content (AvgIpc) is 2.32. The Labute approximate surface area is 104 Å². The predicted molar refractivity (Wildman–Crippen MR) is 67.1 cm³/mol. The molecule has 1 aliphatic heterocycles. The lowest BCUT2D eigenvalue weighted by Gasteiger charge is -2.30. The van der Waals surface area contributed by atoms with Gasteiger partial charge in [0.15, 0.2) is 6.61 Å². The van der Waals surface area contributed by atoms with Crippen LogP contribution < -0.4 is 21.1 Å². The summed E-state index contributed by atoms with van der Waals surface area (Å²) in [5.74, 6) is -0.497. The van der Waals surface area contributed by atoms with E-state index in [0.29, 0.717) is 17.1 Å². The van der Waals surface area contributed by atoms with Crippen molar-refractivity contribution in [2.75, 3.05) is 23.8 Å². The van der Waals surface area contributed by atoms with Crippen molar-refractivity contribution in [2.24, 2.45) is 11.7 Å². The van der Waals surface area contributed by atoms with Crippen LogP contribution in [0.15, 0.2) is 18.2 Å². The number of nitrogen functional groups attached to an aromatic ring is 1. The number of primary amides is 1. The first kappa shape index (κ1) is 12.2. The van der Waals surface area contributed by atoms with E-state index in [-0.39, 0.29) is 19.1 Å². The van der Waals surface area contributed by atoms with Crippen LogP contribution in [-0.2, 0) is 9.59 Å². The standard InChI is InChI=1S/C12H15N3O3/c1-7(12(14)17)5-15-9-4-8(13)2-3-10(9)18-6-11(15)16/h2-4,7H,5-6,13H2,1H3,(H2,14,17). The zero-order valence-corrected chi connectivity index (χ0v) is 10.1. The highest BCUT2D eigenvalue weighted by molar-refractivity contribution is 5.99. The molecule has 1 unspecified atom stereocenters. The van der Waals surface area contributed by atoms with Gasteiger partial charge in [0.2, 0.25) is 5.91 Å². The van der Waals surface area contributed by atoms with Crippen molar-refractivity contribution in [3.63, 3.8) is 0 Å². The van der Waals surface area contributed by atoms with Crippen LogP contribution in [0.1, 0.15) is 6.92 Å². The minimum atomic E-state index is -0.445. The van der Waals surface area contributed by atoms with Gasteiger partial charge in [-0.15, -0.1) is 0 Å². The summed E-state index contributed by atoms with van der Waals surface area (Å²) in [7, 11) is 0. The number of amides is 2. The van der Waals surface area contributed by atoms with Crippen LogP contribution in [0.5, 0.6) is 5.75 Å². The smallest absolute Gasteiger partial charge is 0.265 e. The third kappa shape index (κ3) is 2.22. The molecule has 2 amide bonds. The van der Waals surface area contributed by atoms with Gasteiger partial charge in [0, 0.05) is 12.2 Å². The Kier molecular flexibility index (Phi) is 3.10. The first-order valence-electron chi connectivity index (χ1n) is 5.61. The maximum atomic E-state index is 11.8. The Hall–Kier alpha value is -2.24. The van der Waals surface area contributed by atoms with Crippen LogP contribution in [-0.4, -0.2) is 25.0 Å². The van der Waals surface area contributed by atoms with Gasteiger partial charge in [-0.1, -0.05) is 6.92 Å². The van der Waals surface area contributed by atoms with E-state index in [1.807, 2.05) is 0 Å². The molecule has 0 aromatic heterocycles. The maximum absolute atomic E-state index is 11.8. The topological polar surface area (TPSA) is 98.7 Å². The second kappa shape index (κ2) is 4.56. The fraction of sp³-hybridized carbons (Fsp3) is 0.333. The Bertz CT molecular complexity index is 501. The Balaban J connectivity index is 2.32. The summed E-state index contributed by atoms with van der Waals surface area (Å²) < 4.78 is 5.30. The normalized spacial score (nSPS) is 15.8. The number of fused-ring (bicyclic) bond motifs is 1. The Morgan fingerprint density at radius 3 is 2.94 bits per heavy atom. The highest BCUT2D eigenvalue weighted by atomic mass is 16.5. The summed E-state index contributed by atoms with van der Waals surface area (Å²) in [5, 5.41) is 0. The molecule has 1 aromatic rings. The van der Waals surface area contributed by atoms with Gasteiger partial charge in [-0.05, 0) is 18.2 Å². The van der Waals surface area contributed by atoms with Crippen LogP contribution in [0.4, 0.5) is 11.4 Å². The van der Waals surface area contributed by atoms with Crippen molar-refractivity contribution in [1.82, 2.24) is 0 Å². The molecule has 6 heteroatoms. The summed E-state index contributed by atoms with van der Waals surface area (Å²) >= 11 is 0. The van der Waals surface area contributed by atoms with Gasteiger partial charge in [-0.25, -0.2) is 0 Å². The molecule has 0 radical (unpaired) electrons. The molecular formula is C12H15N3O3. The maximum Gasteiger partial charge on any atom is 0.265 e. The van der Waals surface area contributed by atoms with Gasteiger partial charge >= 0.3 is 0 Å². The monoisotopic (exact) mass is 249 g/mol. The fourth-order valence-corrected chi connectivity index (χ4v) is 1.78. The van der Waals surface area contributed by atoms with E-state index in [0.717, 1.165) is 0 Å². The van der Waals surface area contributed by atoms with Crippen molar-refractivity contribution in [3.05, 3.63) is 18.2 Å². The van der Waals surface area contributed by atoms with Crippen LogP contribution in [0.3, 0.4) is 0 Å². The molecule has 0 bridgehead atoms. The zero-order valence-electron chi connectivity index (χ0n) is 10.1. The quantitative estimate of drug-likeness (QED) is 0.743. The molecule has 1 atom stereocenters. The van der Waals surface area contributed by atoms with Crippen LogP contribution in [0, 0.1) is 5.92 Å². The molecule has 2 rings (SSSR count). The summed E-state index contributed by atoms with van der Waals surface area (Å²) in [6.45, 7) is 1.87. The van der Waals surface area contributed by atoms with E-state index in [1.165, 1.54) is 4.90 Å². The molecule has 6 nitrogen and oxygen atoms in total. The molecule has 0 aliphatic carbocycles. The number of hydrogen-bond acceptors (Lipinski definition) is 4. The van der Waals surface area contributed by atoms with E-state index in [4.69, 9.17) is 16.2 Å². The van der Waals surface area contributed by atoms with Crippen molar-refractivity contribution >= 4 is 23.2 Å². The van der Waals surface area contributed by atoms with E-state index < -0.39 is 11.8 Å². The number of anilines is 2. The van der Waals surface area contributed by atoms with Crippen molar-refractivity contribution in [1.29, 1.82) is 0 Å². The number of nitrogens with two attached hydrogens (primary N) is 2. The molecule has 1 heterocycles. The fourth-order valence-electron chi connectivity index (χ4n) is 1.78. The number of benzene rings is 1. The van der Waals surface area contributed by atoms with Crippen molar-refractivity contribution < 1.29 is 14.3 Å². The zero-order chi connectivity index (χ0) is 13.3. The number of nitrogens with zero attached hydrogens (tertiary/aromatic N) is 1. The van der Waals surface area contributed by atoms with Crippen LogP contribution >= 0.6 is 0 Å². The third-order valence-electron chi connectivity index (χ3n) is 2.87. The molecule has 1 aromatic carbocycles. The molecule has 4 N–H and O–H groups in total. The molecule has 96 valence electrons. The van der Waals surface area contributed by atoms with Crippen molar-refractivity contribution in [3.8, 4) is 5.75 Å². The minimum Gasteiger partial charge on any atom is -0.482 e. The lowest BCUT2D eigenvalue weighted by atomic mass is 10.1. The Morgan fingerprint density at radius 2 is 2.28 bits per heavy atom. The highest BCUT2D eigenvalue weighted by Gasteiger charge is 2.28. The SMILES string of the molecule is CC(CN1C(=O)COc2ccc(N)cc21)C(N)=O. The molecular weight excluding hydrogens is 234 g/mol. The summed E-state index contributed by atoms with van der Waals surface area (Å²) in [5.41, 5.74) is 12.0. The lowest BCUT2D eigenvalue weighted by Crippen LogP contribution is -2.43. The first-order chi connectivity index (χ1) is 8.49. The first-order valence-corrected chi connectivity index (χ1v) is 5.61. The number of carbonyl (C=O) groups excluding carboxylic acids is 2. The van der Waals surface area contributed by atoms with Gasteiger partial charge in [-0.2, -0.15) is 0 Å². The molecule has 1 aliphatic rings. The van der Waals surface area contributed by atoms with E-state index in [2.05, 4.69) is 0 Å². The summed E-state index contributed by atoms with van der Waals surface area (Å²) in [6, 6.07) is 5.06. The summed E-state index contributed by atoms with van der Waals surface area (Å²) in [6.07, 6.45) is 0. The number of rotatable bonds is 3. The number of hydrogen-bond donors (Lipinski definition) is 2. The second-order valence-corrected chi connectivity index (χ2v) is 4.32. The number of ether oxygens (including phenoxy) is 1. The van der Waals surface area contributed by atoms with E-state index >= 15 is 0 Å². The summed E-state index contributed by atoms with van der Waals surface area (Å²) in [4.78, 5) is 24.4. The largest absolute Gasteiger partial charge is 0.482 e. The van der Waals surface area contributed by atoms with Crippen LogP contribution in [0.25, 0.3) is 0 Å². The molecule has 0 fully saturated rings. The van der Waals surface area contributed by atoms with Gasteiger partial charge in [0.05, 0.1) is 11.6 Å². The van der Waals surface area contributed by atoms with Gasteiger partial charge < -0.3 is 21.1 Å². The van der Waals surface area contributed by atoms with E-state index in [1.54, 1.807) is 25.1 Å².